The number of anilines is 1. The van der Waals surface area contributed by atoms with E-state index < -0.39 is 0 Å². The Bertz CT molecular complexity index is 366. The highest BCUT2D eigenvalue weighted by molar-refractivity contribution is 9.10. The first-order valence-electron chi connectivity index (χ1n) is 5.20. The first-order valence-corrected chi connectivity index (χ1v) is 5.99. The summed E-state index contributed by atoms with van der Waals surface area (Å²) in [6, 6.07) is 6.11. The van der Waals surface area contributed by atoms with Crippen molar-refractivity contribution in [3.63, 3.8) is 0 Å². The number of esters is 1. The summed E-state index contributed by atoms with van der Waals surface area (Å²) in [7, 11) is 1.41. The smallest absolute Gasteiger partial charge is 0.305 e. The molecule has 16 heavy (non-hydrogen) atoms. The van der Waals surface area contributed by atoms with Crippen LogP contribution in [0.2, 0.25) is 0 Å². The molecular weight excluding hydrogens is 270 g/mol. The Labute approximate surface area is 104 Å². The summed E-state index contributed by atoms with van der Waals surface area (Å²) < 4.78 is 5.65. The van der Waals surface area contributed by atoms with Crippen molar-refractivity contribution in [2.75, 3.05) is 19.0 Å². The van der Waals surface area contributed by atoms with E-state index in [2.05, 4.69) is 26.0 Å². The highest BCUT2D eigenvalue weighted by Crippen LogP contribution is 2.20. The number of aryl methyl sites for hydroxylation is 1. The third-order valence-corrected chi connectivity index (χ3v) is 3.14. The van der Waals surface area contributed by atoms with Gasteiger partial charge in [-0.2, -0.15) is 0 Å². The van der Waals surface area contributed by atoms with Crippen LogP contribution in [0.25, 0.3) is 0 Å². The molecule has 0 saturated carbocycles. The number of benzene rings is 1. The van der Waals surface area contributed by atoms with Crippen molar-refractivity contribution in [1.29, 1.82) is 0 Å². The van der Waals surface area contributed by atoms with Gasteiger partial charge < -0.3 is 10.1 Å². The lowest BCUT2D eigenvalue weighted by molar-refractivity contribution is -0.140. The molecule has 0 radical (unpaired) electrons. The van der Waals surface area contributed by atoms with Crippen molar-refractivity contribution in [2.24, 2.45) is 0 Å². The van der Waals surface area contributed by atoms with Crippen LogP contribution in [0, 0.1) is 6.92 Å². The fourth-order valence-electron chi connectivity index (χ4n) is 1.27. The molecule has 0 unspecified atom stereocenters. The number of rotatable bonds is 5. The van der Waals surface area contributed by atoms with Gasteiger partial charge in [-0.3, -0.25) is 4.79 Å². The topological polar surface area (TPSA) is 38.3 Å². The molecule has 0 heterocycles. The van der Waals surface area contributed by atoms with E-state index in [1.54, 1.807) is 0 Å². The molecule has 0 fully saturated rings. The number of nitrogens with one attached hydrogen (secondary N) is 1. The van der Waals surface area contributed by atoms with Crippen molar-refractivity contribution in [1.82, 2.24) is 0 Å². The number of hydrogen-bond donors (Lipinski definition) is 1. The van der Waals surface area contributed by atoms with Gasteiger partial charge in [0.25, 0.3) is 0 Å². The van der Waals surface area contributed by atoms with E-state index in [9.17, 15) is 4.79 Å². The van der Waals surface area contributed by atoms with E-state index >= 15 is 0 Å². The molecular formula is C12H16BrNO2. The third kappa shape index (κ3) is 4.23. The van der Waals surface area contributed by atoms with Crippen molar-refractivity contribution in [2.45, 2.75) is 19.8 Å². The molecule has 88 valence electrons. The average Bonchev–Trinajstić information content (AvgIpc) is 2.28. The molecule has 3 nitrogen and oxygen atoms in total. The summed E-state index contributed by atoms with van der Waals surface area (Å²) in [4.78, 5) is 10.9. The Morgan fingerprint density at radius 1 is 1.50 bits per heavy atom. The molecule has 1 rings (SSSR count). The molecule has 0 aromatic heterocycles. The van der Waals surface area contributed by atoms with Crippen molar-refractivity contribution < 1.29 is 9.53 Å². The SMILES string of the molecule is COC(=O)CCCNc1ccc(C)c(Br)c1. The Hall–Kier alpha value is -1.03. The minimum Gasteiger partial charge on any atom is -0.469 e. The number of hydrogen-bond acceptors (Lipinski definition) is 3. The molecule has 4 heteroatoms. The molecule has 0 atom stereocenters. The molecule has 1 aromatic rings. The van der Waals surface area contributed by atoms with Crippen molar-refractivity contribution in [3.8, 4) is 0 Å². The molecule has 0 aliphatic carbocycles. The molecule has 0 amide bonds. The van der Waals surface area contributed by atoms with Gasteiger partial charge in [-0.1, -0.05) is 22.0 Å². The molecule has 0 aliphatic heterocycles. The zero-order valence-electron chi connectivity index (χ0n) is 9.55. The monoisotopic (exact) mass is 285 g/mol. The standard InChI is InChI=1S/C12H16BrNO2/c1-9-5-6-10(8-11(9)13)14-7-3-4-12(15)16-2/h5-6,8,14H,3-4,7H2,1-2H3. The minimum absolute atomic E-state index is 0.160. The van der Waals surface area contributed by atoms with Gasteiger partial charge in [0.1, 0.15) is 0 Å². The van der Waals surface area contributed by atoms with E-state index in [-0.39, 0.29) is 5.97 Å². The van der Waals surface area contributed by atoms with E-state index in [0.29, 0.717) is 6.42 Å². The zero-order chi connectivity index (χ0) is 12.0. The van der Waals surface area contributed by atoms with Crippen LogP contribution < -0.4 is 5.32 Å². The Kier molecular flexibility index (Phi) is 5.32. The van der Waals surface area contributed by atoms with Crippen LogP contribution in [0.5, 0.6) is 0 Å². The fourth-order valence-corrected chi connectivity index (χ4v) is 1.65. The van der Waals surface area contributed by atoms with Crippen LogP contribution >= 0.6 is 15.9 Å². The maximum atomic E-state index is 10.9. The highest BCUT2D eigenvalue weighted by Gasteiger charge is 2.00. The van der Waals surface area contributed by atoms with Gasteiger partial charge >= 0.3 is 5.97 Å². The van der Waals surface area contributed by atoms with Gasteiger partial charge in [0, 0.05) is 23.1 Å². The largest absolute Gasteiger partial charge is 0.469 e. The number of carbonyl (C=O) groups excluding carboxylic acids is 1. The van der Waals surface area contributed by atoms with E-state index in [4.69, 9.17) is 0 Å². The summed E-state index contributed by atoms with van der Waals surface area (Å²) in [6.07, 6.45) is 1.23. The quantitative estimate of drug-likeness (QED) is 0.667. The maximum absolute atomic E-state index is 10.9. The number of ether oxygens (including phenoxy) is 1. The number of halogens is 1. The van der Waals surface area contributed by atoms with Gasteiger partial charge in [0.15, 0.2) is 0 Å². The van der Waals surface area contributed by atoms with Gasteiger partial charge in [-0.25, -0.2) is 0 Å². The van der Waals surface area contributed by atoms with Crippen LogP contribution in [-0.4, -0.2) is 19.6 Å². The summed E-state index contributed by atoms with van der Waals surface area (Å²) in [6.45, 7) is 2.82. The summed E-state index contributed by atoms with van der Waals surface area (Å²) in [5.74, 6) is -0.160. The first-order chi connectivity index (χ1) is 7.63. The number of methoxy groups -OCH3 is 1. The second-order valence-electron chi connectivity index (χ2n) is 3.57. The average molecular weight is 286 g/mol. The second-order valence-corrected chi connectivity index (χ2v) is 4.42. The molecule has 1 aromatic carbocycles. The molecule has 0 aliphatic rings. The Balaban J connectivity index is 2.32. The van der Waals surface area contributed by atoms with Crippen LogP contribution in [-0.2, 0) is 9.53 Å². The molecule has 1 N–H and O–H groups in total. The van der Waals surface area contributed by atoms with E-state index in [1.165, 1.54) is 12.7 Å². The molecule has 0 bridgehead atoms. The highest BCUT2D eigenvalue weighted by atomic mass is 79.9. The fraction of sp³-hybridized carbons (Fsp3) is 0.417. The minimum atomic E-state index is -0.160. The first kappa shape index (κ1) is 13.0. The molecule has 0 spiro atoms. The summed E-state index contributed by atoms with van der Waals surface area (Å²) in [5.41, 5.74) is 2.27. The van der Waals surface area contributed by atoms with Gasteiger partial charge in [-0.15, -0.1) is 0 Å². The predicted octanol–water partition coefficient (Wildman–Crippen LogP) is 3.12. The lowest BCUT2D eigenvalue weighted by Gasteiger charge is -2.07. The van der Waals surface area contributed by atoms with Crippen LogP contribution in [0.3, 0.4) is 0 Å². The number of carbonyl (C=O) groups is 1. The van der Waals surface area contributed by atoms with Gasteiger partial charge in [0.05, 0.1) is 7.11 Å². The summed E-state index contributed by atoms with van der Waals surface area (Å²) >= 11 is 3.48. The summed E-state index contributed by atoms with van der Waals surface area (Å²) in [5, 5.41) is 3.25. The Morgan fingerprint density at radius 3 is 2.88 bits per heavy atom. The van der Waals surface area contributed by atoms with E-state index in [0.717, 1.165) is 23.1 Å². The van der Waals surface area contributed by atoms with Crippen LogP contribution in [0.15, 0.2) is 22.7 Å². The lowest BCUT2D eigenvalue weighted by atomic mass is 10.2. The third-order valence-electron chi connectivity index (χ3n) is 2.29. The Morgan fingerprint density at radius 2 is 2.25 bits per heavy atom. The van der Waals surface area contributed by atoms with Crippen molar-refractivity contribution >= 4 is 27.6 Å². The van der Waals surface area contributed by atoms with E-state index in [1.807, 2.05) is 25.1 Å². The van der Waals surface area contributed by atoms with Crippen LogP contribution in [0.4, 0.5) is 5.69 Å². The molecule has 0 saturated heterocycles. The van der Waals surface area contributed by atoms with Crippen molar-refractivity contribution in [3.05, 3.63) is 28.2 Å². The second kappa shape index (κ2) is 6.53. The van der Waals surface area contributed by atoms with Gasteiger partial charge in [-0.05, 0) is 31.0 Å². The lowest BCUT2D eigenvalue weighted by Crippen LogP contribution is -2.06. The predicted molar refractivity (Wildman–Crippen MR) is 68.6 cm³/mol. The zero-order valence-corrected chi connectivity index (χ0v) is 11.1. The normalized spacial score (nSPS) is 9.94. The maximum Gasteiger partial charge on any atom is 0.305 e. The van der Waals surface area contributed by atoms with Gasteiger partial charge in [0.2, 0.25) is 0 Å². The van der Waals surface area contributed by atoms with Crippen LogP contribution in [0.1, 0.15) is 18.4 Å².